The fraction of sp³-hybridized carbons (Fsp3) is 0.350. The van der Waals surface area contributed by atoms with Crippen molar-refractivity contribution in [1.29, 1.82) is 0 Å². The van der Waals surface area contributed by atoms with Gasteiger partial charge in [-0.3, -0.25) is 4.79 Å². The maximum atomic E-state index is 12.3. The SMILES string of the molecule is CCc1cc(OCC(=O)Nc2c(CC)cccc2CC)ccc1Cl. The standard InChI is InChI=1S/C20H24ClNO2/c1-4-14-8-7-9-15(5-2)20(14)22-19(23)13-24-17-10-11-18(21)16(6-3)12-17/h7-12H,4-6,13H2,1-3H3,(H,22,23). The Bertz CT molecular complexity index is 691. The van der Waals surface area contributed by atoms with Crippen molar-refractivity contribution in [3.05, 3.63) is 58.1 Å². The molecule has 0 atom stereocenters. The fourth-order valence-electron chi connectivity index (χ4n) is 2.64. The highest BCUT2D eigenvalue weighted by Crippen LogP contribution is 2.24. The number of rotatable bonds is 7. The van der Waals surface area contributed by atoms with E-state index in [1.54, 1.807) is 12.1 Å². The Labute approximate surface area is 149 Å². The van der Waals surface area contributed by atoms with Crippen LogP contribution in [0.2, 0.25) is 5.02 Å². The Morgan fingerprint density at radius 1 is 1.00 bits per heavy atom. The fourth-order valence-corrected chi connectivity index (χ4v) is 2.89. The number of halogens is 1. The minimum absolute atomic E-state index is 0.0218. The van der Waals surface area contributed by atoms with Crippen molar-refractivity contribution >= 4 is 23.2 Å². The summed E-state index contributed by atoms with van der Waals surface area (Å²) >= 11 is 6.10. The molecule has 0 fully saturated rings. The molecule has 2 aromatic rings. The van der Waals surface area contributed by atoms with Gasteiger partial charge in [0.15, 0.2) is 6.61 Å². The average Bonchev–Trinajstić information content (AvgIpc) is 2.61. The summed E-state index contributed by atoms with van der Waals surface area (Å²) in [5.41, 5.74) is 4.21. The average molecular weight is 346 g/mol. The summed E-state index contributed by atoms with van der Waals surface area (Å²) in [6.07, 6.45) is 2.58. The van der Waals surface area contributed by atoms with E-state index < -0.39 is 0 Å². The second-order valence-corrected chi connectivity index (χ2v) is 6.01. The molecule has 2 rings (SSSR count). The maximum Gasteiger partial charge on any atom is 0.262 e. The molecule has 0 unspecified atom stereocenters. The van der Waals surface area contributed by atoms with Gasteiger partial charge in [0.1, 0.15) is 5.75 Å². The molecule has 0 saturated heterocycles. The Balaban J connectivity index is 2.04. The Kier molecular flexibility index (Phi) is 6.68. The molecule has 0 aromatic heterocycles. The van der Waals surface area contributed by atoms with Crippen LogP contribution >= 0.6 is 11.6 Å². The highest BCUT2D eigenvalue weighted by atomic mass is 35.5. The molecule has 0 aliphatic carbocycles. The zero-order valence-electron chi connectivity index (χ0n) is 14.5. The summed E-state index contributed by atoms with van der Waals surface area (Å²) in [6, 6.07) is 11.6. The molecule has 2 aromatic carbocycles. The van der Waals surface area contributed by atoms with E-state index in [1.807, 2.05) is 31.2 Å². The van der Waals surface area contributed by atoms with Crippen LogP contribution in [0.25, 0.3) is 0 Å². The monoisotopic (exact) mass is 345 g/mol. The highest BCUT2D eigenvalue weighted by Gasteiger charge is 2.11. The van der Waals surface area contributed by atoms with Gasteiger partial charge < -0.3 is 10.1 Å². The van der Waals surface area contributed by atoms with Crippen LogP contribution in [0, 0.1) is 0 Å². The third-order valence-corrected chi connectivity index (χ3v) is 4.40. The van der Waals surface area contributed by atoms with Gasteiger partial charge in [-0.05, 0) is 54.2 Å². The molecule has 1 N–H and O–H groups in total. The lowest BCUT2D eigenvalue weighted by atomic mass is 10.0. The van der Waals surface area contributed by atoms with Crippen molar-refractivity contribution in [2.45, 2.75) is 40.0 Å². The molecule has 4 heteroatoms. The summed E-state index contributed by atoms with van der Waals surface area (Å²) in [4.78, 5) is 12.3. The maximum absolute atomic E-state index is 12.3. The van der Waals surface area contributed by atoms with Crippen LogP contribution in [-0.4, -0.2) is 12.5 Å². The van der Waals surface area contributed by atoms with Gasteiger partial charge in [-0.1, -0.05) is 50.6 Å². The van der Waals surface area contributed by atoms with E-state index in [0.29, 0.717) is 5.75 Å². The normalized spacial score (nSPS) is 10.5. The quantitative estimate of drug-likeness (QED) is 0.763. The van der Waals surface area contributed by atoms with E-state index in [9.17, 15) is 4.79 Å². The molecule has 128 valence electrons. The Hall–Kier alpha value is -2.00. The molecule has 1 amide bonds. The van der Waals surface area contributed by atoms with Crippen LogP contribution in [0.15, 0.2) is 36.4 Å². The van der Waals surface area contributed by atoms with Crippen molar-refractivity contribution in [3.8, 4) is 5.75 Å². The summed E-state index contributed by atoms with van der Waals surface area (Å²) in [7, 11) is 0. The number of para-hydroxylation sites is 1. The molecule has 0 aliphatic heterocycles. The first-order valence-corrected chi connectivity index (χ1v) is 8.78. The lowest BCUT2D eigenvalue weighted by Gasteiger charge is -2.15. The number of benzene rings is 2. The third-order valence-electron chi connectivity index (χ3n) is 4.03. The number of aryl methyl sites for hydroxylation is 3. The number of hydrogen-bond acceptors (Lipinski definition) is 2. The van der Waals surface area contributed by atoms with Crippen LogP contribution in [-0.2, 0) is 24.1 Å². The van der Waals surface area contributed by atoms with Crippen LogP contribution in [0.1, 0.15) is 37.5 Å². The molecule has 24 heavy (non-hydrogen) atoms. The van der Waals surface area contributed by atoms with Crippen LogP contribution in [0.3, 0.4) is 0 Å². The van der Waals surface area contributed by atoms with Gasteiger partial charge in [0.05, 0.1) is 0 Å². The summed E-state index contributed by atoms with van der Waals surface area (Å²) in [5.74, 6) is 0.504. The molecule has 0 heterocycles. The number of hydrogen-bond donors (Lipinski definition) is 1. The summed E-state index contributed by atoms with van der Waals surface area (Å²) in [6.45, 7) is 6.18. The Morgan fingerprint density at radius 3 is 2.21 bits per heavy atom. The second-order valence-electron chi connectivity index (χ2n) is 5.60. The van der Waals surface area contributed by atoms with Gasteiger partial charge >= 0.3 is 0 Å². The predicted molar refractivity (Wildman–Crippen MR) is 100 cm³/mol. The number of ether oxygens (including phenoxy) is 1. The highest BCUT2D eigenvalue weighted by molar-refractivity contribution is 6.31. The number of nitrogens with one attached hydrogen (secondary N) is 1. The van der Waals surface area contributed by atoms with Crippen LogP contribution in [0.5, 0.6) is 5.75 Å². The van der Waals surface area contributed by atoms with Gasteiger partial charge in [0.2, 0.25) is 0 Å². The topological polar surface area (TPSA) is 38.3 Å². The van der Waals surface area contributed by atoms with Crippen molar-refractivity contribution in [1.82, 2.24) is 0 Å². The van der Waals surface area contributed by atoms with Crippen molar-refractivity contribution in [2.24, 2.45) is 0 Å². The van der Waals surface area contributed by atoms with E-state index >= 15 is 0 Å². The molecular formula is C20H24ClNO2. The zero-order valence-corrected chi connectivity index (χ0v) is 15.2. The number of carbonyl (C=O) groups is 1. The second kappa shape index (κ2) is 8.74. The van der Waals surface area contributed by atoms with E-state index in [1.165, 1.54) is 0 Å². The van der Waals surface area contributed by atoms with Gasteiger partial charge in [-0.25, -0.2) is 0 Å². The molecule has 0 bridgehead atoms. The number of carbonyl (C=O) groups excluding carboxylic acids is 1. The molecule has 0 saturated carbocycles. The Morgan fingerprint density at radius 2 is 1.62 bits per heavy atom. The minimum Gasteiger partial charge on any atom is -0.484 e. The molecule has 3 nitrogen and oxygen atoms in total. The predicted octanol–water partition coefficient (Wildman–Crippen LogP) is 5.04. The van der Waals surface area contributed by atoms with Gasteiger partial charge in [0, 0.05) is 10.7 Å². The van der Waals surface area contributed by atoms with Gasteiger partial charge in [0.25, 0.3) is 5.91 Å². The number of anilines is 1. The molecule has 0 radical (unpaired) electrons. The van der Waals surface area contributed by atoms with Gasteiger partial charge in [-0.2, -0.15) is 0 Å². The first kappa shape index (κ1) is 18.3. The van der Waals surface area contributed by atoms with Crippen molar-refractivity contribution in [2.75, 3.05) is 11.9 Å². The lowest BCUT2D eigenvalue weighted by Crippen LogP contribution is -2.21. The first-order valence-electron chi connectivity index (χ1n) is 8.40. The molecule has 0 aliphatic rings. The number of amides is 1. The molecule has 0 spiro atoms. The third kappa shape index (κ3) is 4.51. The van der Waals surface area contributed by atoms with Crippen molar-refractivity contribution < 1.29 is 9.53 Å². The zero-order chi connectivity index (χ0) is 17.5. The summed E-state index contributed by atoms with van der Waals surface area (Å²) in [5, 5.41) is 3.72. The van der Waals surface area contributed by atoms with Crippen LogP contribution in [0.4, 0.5) is 5.69 Å². The largest absolute Gasteiger partial charge is 0.484 e. The molecular weight excluding hydrogens is 322 g/mol. The van der Waals surface area contributed by atoms with Gasteiger partial charge in [-0.15, -0.1) is 0 Å². The van der Waals surface area contributed by atoms with E-state index in [2.05, 4.69) is 19.2 Å². The minimum atomic E-state index is -0.154. The smallest absolute Gasteiger partial charge is 0.262 e. The van der Waals surface area contributed by atoms with E-state index in [4.69, 9.17) is 16.3 Å². The van der Waals surface area contributed by atoms with Crippen molar-refractivity contribution in [3.63, 3.8) is 0 Å². The van der Waals surface area contributed by atoms with E-state index in [-0.39, 0.29) is 12.5 Å². The lowest BCUT2D eigenvalue weighted by molar-refractivity contribution is -0.118. The van der Waals surface area contributed by atoms with Crippen LogP contribution < -0.4 is 10.1 Å². The first-order chi connectivity index (χ1) is 11.6. The van der Waals surface area contributed by atoms with E-state index in [0.717, 1.165) is 46.7 Å². The summed E-state index contributed by atoms with van der Waals surface area (Å²) < 4.78 is 5.61.